The average molecular weight is 544 g/mol. The van der Waals surface area contributed by atoms with Gasteiger partial charge < -0.3 is 5.11 Å². The van der Waals surface area contributed by atoms with Crippen molar-refractivity contribution in [2.75, 3.05) is 0 Å². The van der Waals surface area contributed by atoms with Crippen LogP contribution in [-0.2, 0) is 0 Å². The number of imide groups is 1. The number of aromatic carboxylic acids is 1. The number of fused-ring (bicyclic) bond motifs is 2. The highest BCUT2D eigenvalue weighted by atomic mass is 16.4. The number of hydrogen-bond donors (Lipinski definition) is 1. The predicted octanol–water partition coefficient (Wildman–Crippen LogP) is 8.56. The Bertz CT molecular complexity index is 1810. The molecule has 3 aliphatic rings. The first-order chi connectivity index (χ1) is 20.0. The Kier molecular flexibility index (Phi) is 5.60. The van der Waals surface area contributed by atoms with Crippen LogP contribution in [-0.4, -0.2) is 33.8 Å². The van der Waals surface area contributed by atoms with Crippen molar-refractivity contribution in [1.82, 2.24) is 4.90 Å². The van der Waals surface area contributed by atoms with Crippen molar-refractivity contribution in [3.63, 3.8) is 0 Å². The second-order valence-corrected chi connectivity index (χ2v) is 12.5. The minimum atomic E-state index is -0.952. The summed E-state index contributed by atoms with van der Waals surface area (Å²) in [5.41, 5.74) is 1.52. The van der Waals surface area contributed by atoms with E-state index >= 15 is 0 Å². The Labute approximate surface area is 238 Å². The lowest BCUT2D eigenvalue weighted by Gasteiger charge is -2.44. The van der Waals surface area contributed by atoms with E-state index in [-0.39, 0.29) is 23.4 Å². The smallest absolute Gasteiger partial charge is 0.336 e. The molecule has 2 amide bonds. The fourth-order valence-corrected chi connectivity index (χ4v) is 8.72. The van der Waals surface area contributed by atoms with Crippen LogP contribution in [0.15, 0.2) is 54.6 Å². The number of benzene rings is 5. The van der Waals surface area contributed by atoms with Gasteiger partial charge in [-0.05, 0) is 93.4 Å². The lowest BCUT2D eigenvalue weighted by Crippen LogP contribution is -2.54. The summed E-state index contributed by atoms with van der Waals surface area (Å²) < 4.78 is 0. The molecule has 1 aliphatic heterocycles. The summed E-state index contributed by atoms with van der Waals surface area (Å²) in [7, 11) is 0. The zero-order valence-electron chi connectivity index (χ0n) is 23.1. The van der Waals surface area contributed by atoms with Gasteiger partial charge in [0.1, 0.15) is 0 Å². The van der Waals surface area contributed by atoms with E-state index in [2.05, 4.69) is 0 Å². The normalized spacial score (nSPS) is 19.0. The number of nitrogens with zero attached hydrogens (tertiary/aromatic N) is 1. The van der Waals surface area contributed by atoms with Crippen LogP contribution in [0.3, 0.4) is 0 Å². The zero-order chi connectivity index (χ0) is 27.8. The molecule has 5 nitrogen and oxygen atoms in total. The molecular formula is C36H33NO4. The highest BCUT2D eigenvalue weighted by Crippen LogP contribution is 2.46. The summed E-state index contributed by atoms with van der Waals surface area (Å²) in [6.45, 7) is 0. The van der Waals surface area contributed by atoms with E-state index in [1.54, 1.807) is 11.0 Å². The van der Waals surface area contributed by atoms with E-state index in [1.165, 1.54) is 38.5 Å². The summed E-state index contributed by atoms with van der Waals surface area (Å²) in [5.74, 6) is -0.481. The molecule has 206 valence electrons. The molecule has 0 aromatic heterocycles. The number of amides is 2. The molecule has 41 heavy (non-hydrogen) atoms. The molecule has 5 aromatic carbocycles. The van der Waals surface area contributed by atoms with Crippen LogP contribution in [0.4, 0.5) is 0 Å². The van der Waals surface area contributed by atoms with E-state index in [4.69, 9.17) is 0 Å². The van der Waals surface area contributed by atoms with Crippen LogP contribution < -0.4 is 0 Å². The van der Waals surface area contributed by atoms with Gasteiger partial charge in [0, 0.05) is 22.6 Å². The molecule has 5 heteroatoms. The van der Waals surface area contributed by atoms with E-state index < -0.39 is 5.97 Å². The van der Waals surface area contributed by atoms with Crippen molar-refractivity contribution >= 4 is 60.9 Å². The summed E-state index contributed by atoms with van der Waals surface area (Å²) >= 11 is 0. The van der Waals surface area contributed by atoms with Crippen molar-refractivity contribution in [3.05, 3.63) is 71.3 Å². The number of hydrogen-bond acceptors (Lipinski definition) is 3. The predicted molar refractivity (Wildman–Crippen MR) is 162 cm³/mol. The van der Waals surface area contributed by atoms with E-state index in [0.29, 0.717) is 28.3 Å². The van der Waals surface area contributed by atoms with Gasteiger partial charge in [0.25, 0.3) is 11.8 Å². The van der Waals surface area contributed by atoms with Crippen LogP contribution in [0.25, 0.3) is 43.1 Å². The first-order valence-corrected chi connectivity index (χ1v) is 15.3. The maximum absolute atomic E-state index is 14.5. The molecule has 0 spiro atoms. The molecule has 8 rings (SSSR count). The van der Waals surface area contributed by atoms with Gasteiger partial charge in [-0.3, -0.25) is 14.5 Å². The van der Waals surface area contributed by atoms with Crippen LogP contribution >= 0.6 is 0 Å². The van der Waals surface area contributed by atoms with Crippen molar-refractivity contribution in [1.29, 1.82) is 0 Å². The second-order valence-electron chi connectivity index (χ2n) is 12.5. The number of carboxylic acids is 1. The van der Waals surface area contributed by atoms with Crippen LogP contribution in [0, 0.1) is 11.8 Å². The first-order valence-electron chi connectivity index (χ1n) is 15.3. The van der Waals surface area contributed by atoms with Gasteiger partial charge >= 0.3 is 5.97 Å². The molecule has 2 fully saturated rings. The summed E-state index contributed by atoms with van der Waals surface area (Å²) in [4.78, 5) is 42.6. The fourth-order valence-electron chi connectivity index (χ4n) is 8.72. The van der Waals surface area contributed by atoms with Crippen molar-refractivity contribution < 1.29 is 19.5 Å². The Hall–Kier alpha value is -3.99. The Morgan fingerprint density at radius 3 is 1.66 bits per heavy atom. The lowest BCUT2D eigenvalue weighted by atomic mass is 9.72. The Morgan fingerprint density at radius 2 is 1.10 bits per heavy atom. The standard InChI is InChI=1S/C36H33NO4/c38-34-28-18-15-25-22-12-7-13-23-27(36(40)41)17-14-24(30(22)23)26-16-19-29(32(28)31(25)26)35(39)37(34)33(20-8-3-1-4-9-20)21-10-5-2-6-11-21/h7,12-21,33H,1-6,8-11H2,(H,40,41). The summed E-state index contributed by atoms with van der Waals surface area (Å²) in [5, 5.41) is 16.9. The molecular weight excluding hydrogens is 510 g/mol. The molecule has 0 saturated heterocycles. The lowest BCUT2D eigenvalue weighted by molar-refractivity contribution is 0.0303. The number of carbonyl (C=O) groups excluding carboxylic acids is 2. The molecule has 0 atom stereocenters. The van der Waals surface area contributed by atoms with Gasteiger partial charge in [-0.2, -0.15) is 0 Å². The van der Waals surface area contributed by atoms with E-state index in [9.17, 15) is 19.5 Å². The summed E-state index contributed by atoms with van der Waals surface area (Å²) in [6.07, 6.45) is 11.6. The molecule has 0 unspecified atom stereocenters. The number of carboxylic acid groups (broad SMARTS) is 1. The highest BCUT2D eigenvalue weighted by Gasteiger charge is 2.44. The van der Waals surface area contributed by atoms with E-state index in [1.807, 2.05) is 48.5 Å². The third-order valence-corrected chi connectivity index (χ3v) is 10.5. The number of carbonyl (C=O) groups is 3. The quantitative estimate of drug-likeness (QED) is 0.140. The van der Waals surface area contributed by atoms with Crippen LogP contribution in [0.1, 0.15) is 95.3 Å². The largest absolute Gasteiger partial charge is 0.478 e. The Morgan fingerprint density at radius 1 is 0.610 bits per heavy atom. The third-order valence-electron chi connectivity index (χ3n) is 10.5. The van der Waals surface area contributed by atoms with Gasteiger partial charge in [0.15, 0.2) is 0 Å². The zero-order valence-corrected chi connectivity index (χ0v) is 23.1. The highest BCUT2D eigenvalue weighted by molar-refractivity contribution is 6.39. The molecule has 1 N–H and O–H groups in total. The van der Waals surface area contributed by atoms with Gasteiger partial charge in [-0.15, -0.1) is 0 Å². The van der Waals surface area contributed by atoms with Crippen molar-refractivity contribution in [2.24, 2.45) is 11.8 Å². The van der Waals surface area contributed by atoms with Crippen LogP contribution in [0.5, 0.6) is 0 Å². The summed E-state index contributed by atoms with van der Waals surface area (Å²) in [6, 6.07) is 17.1. The van der Waals surface area contributed by atoms with Crippen molar-refractivity contribution in [2.45, 2.75) is 70.3 Å². The minimum absolute atomic E-state index is 0.0324. The SMILES string of the molecule is O=C(O)c1ccc2c3ccc4c5c(ccc(c6cccc1c62)c53)C(=O)N(C(C1CCCCC1)C1CCCCC1)C4=O. The van der Waals surface area contributed by atoms with Crippen LogP contribution in [0.2, 0.25) is 0 Å². The first kappa shape index (κ1) is 24.8. The average Bonchev–Trinajstić information content (AvgIpc) is 3.01. The van der Waals surface area contributed by atoms with Gasteiger partial charge in [-0.25, -0.2) is 4.79 Å². The number of rotatable bonds is 4. The van der Waals surface area contributed by atoms with E-state index in [0.717, 1.165) is 63.4 Å². The molecule has 2 aliphatic carbocycles. The molecule has 0 radical (unpaired) electrons. The molecule has 5 aromatic rings. The Balaban J connectivity index is 1.36. The molecule has 1 heterocycles. The topological polar surface area (TPSA) is 74.7 Å². The molecule has 2 saturated carbocycles. The van der Waals surface area contributed by atoms with Gasteiger partial charge in [0.05, 0.1) is 5.56 Å². The minimum Gasteiger partial charge on any atom is -0.478 e. The second kappa shape index (κ2) is 9.27. The maximum Gasteiger partial charge on any atom is 0.336 e. The fraction of sp³-hybridized carbons (Fsp3) is 0.361. The maximum atomic E-state index is 14.5. The van der Waals surface area contributed by atoms with Gasteiger partial charge in [-0.1, -0.05) is 74.9 Å². The van der Waals surface area contributed by atoms with Crippen molar-refractivity contribution in [3.8, 4) is 0 Å². The molecule has 0 bridgehead atoms. The van der Waals surface area contributed by atoms with Gasteiger partial charge in [0.2, 0.25) is 0 Å². The monoisotopic (exact) mass is 543 g/mol. The third kappa shape index (κ3) is 3.51.